The van der Waals surface area contributed by atoms with Crippen molar-refractivity contribution >= 4 is 33.2 Å². The largest absolute Gasteiger partial charge is 0.482 e. The molecule has 8 heteroatoms. The van der Waals surface area contributed by atoms with Crippen molar-refractivity contribution in [1.82, 2.24) is 4.31 Å². The third-order valence-electron chi connectivity index (χ3n) is 3.92. The Balaban J connectivity index is 2.17. The molecule has 0 aliphatic rings. The molecule has 6 nitrogen and oxygen atoms in total. The van der Waals surface area contributed by atoms with Gasteiger partial charge in [0, 0.05) is 23.8 Å². The number of anilines is 1. The van der Waals surface area contributed by atoms with E-state index in [0.29, 0.717) is 18.8 Å². The molecule has 0 aliphatic carbocycles. The summed E-state index contributed by atoms with van der Waals surface area (Å²) in [6.45, 7) is 5.77. The molecule has 0 saturated carbocycles. The SMILES string of the molecule is CCN(CC)S(=O)(=O)c1cc(Cl)ccc1OCC(=O)Nc1ccc(C)cc1. The fourth-order valence-corrected chi connectivity index (χ4v) is 4.33. The molecule has 1 amide bonds. The second-order valence-corrected chi connectivity index (χ2v) is 8.23. The van der Waals surface area contributed by atoms with Crippen LogP contribution in [0.15, 0.2) is 47.4 Å². The van der Waals surface area contributed by atoms with E-state index in [1.807, 2.05) is 19.1 Å². The minimum Gasteiger partial charge on any atom is -0.482 e. The van der Waals surface area contributed by atoms with Gasteiger partial charge in [0.2, 0.25) is 10.0 Å². The van der Waals surface area contributed by atoms with Gasteiger partial charge in [-0.2, -0.15) is 4.31 Å². The zero-order valence-electron chi connectivity index (χ0n) is 15.5. The maximum Gasteiger partial charge on any atom is 0.262 e. The predicted molar refractivity (Wildman–Crippen MR) is 107 cm³/mol. The number of rotatable bonds is 8. The van der Waals surface area contributed by atoms with E-state index in [9.17, 15) is 13.2 Å². The highest BCUT2D eigenvalue weighted by atomic mass is 35.5. The van der Waals surface area contributed by atoms with Crippen LogP contribution in [0.5, 0.6) is 5.75 Å². The maximum absolute atomic E-state index is 12.8. The molecule has 2 aromatic carbocycles. The van der Waals surface area contributed by atoms with Crippen molar-refractivity contribution < 1.29 is 17.9 Å². The molecule has 0 unspecified atom stereocenters. The summed E-state index contributed by atoms with van der Waals surface area (Å²) >= 11 is 5.98. The van der Waals surface area contributed by atoms with Gasteiger partial charge in [-0.3, -0.25) is 4.79 Å². The van der Waals surface area contributed by atoms with Crippen LogP contribution in [0, 0.1) is 6.92 Å². The summed E-state index contributed by atoms with van der Waals surface area (Å²) in [6, 6.07) is 11.6. The van der Waals surface area contributed by atoms with Gasteiger partial charge in [0.1, 0.15) is 10.6 Å². The highest BCUT2D eigenvalue weighted by Gasteiger charge is 2.26. The Kier molecular flexibility index (Phi) is 7.24. The van der Waals surface area contributed by atoms with E-state index in [0.717, 1.165) is 5.56 Å². The van der Waals surface area contributed by atoms with Crippen molar-refractivity contribution in [1.29, 1.82) is 0 Å². The first-order valence-electron chi connectivity index (χ1n) is 8.57. The lowest BCUT2D eigenvalue weighted by atomic mass is 10.2. The van der Waals surface area contributed by atoms with Crippen LogP contribution in [-0.2, 0) is 14.8 Å². The van der Waals surface area contributed by atoms with Crippen molar-refractivity contribution in [2.75, 3.05) is 25.0 Å². The third-order valence-corrected chi connectivity index (χ3v) is 6.23. The molecule has 0 atom stereocenters. The Morgan fingerprint density at radius 2 is 1.74 bits per heavy atom. The van der Waals surface area contributed by atoms with Crippen LogP contribution in [0.25, 0.3) is 0 Å². The average Bonchev–Trinajstić information content (AvgIpc) is 2.63. The number of aryl methyl sites for hydroxylation is 1. The van der Waals surface area contributed by atoms with Gasteiger partial charge in [0.15, 0.2) is 6.61 Å². The summed E-state index contributed by atoms with van der Waals surface area (Å²) in [5.41, 5.74) is 1.72. The minimum absolute atomic E-state index is 0.0539. The van der Waals surface area contributed by atoms with Crippen LogP contribution in [-0.4, -0.2) is 38.3 Å². The number of benzene rings is 2. The van der Waals surface area contributed by atoms with Crippen molar-refractivity contribution in [3.8, 4) is 5.75 Å². The number of halogens is 1. The van der Waals surface area contributed by atoms with Crippen LogP contribution in [0.2, 0.25) is 5.02 Å². The number of nitrogens with one attached hydrogen (secondary N) is 1. The van der Waals surface area contributed by atoms with Gasteiger partial charge < -0.3 is 10.1 Å². The molecule has 0 radical (unpaired) electrons. The van der Waals surface area contributed by atoms with Crippen LogP contribution < -0.4 is 10.1 Å². The van der Waals surface area contributed by atoms with E-state index in [2.05, 4.69) is 5.32 Å². The molecule has 146 valence electrons. The van der Waals surface area contributed by atoms with Gasteiger partial charge in [0.25, 0.3) is 5.91 Å². The lowest BCUT2D eigenvalue weighted by molar-refractivity contribution is -0.118. The summed E-state index contributed by atoms with van der Waals surface area (Å²) in [5.74, 6) is -0.301. The highest BCUT2D eigenvalue weighted by molar-refractivity contribution is 7.89. The zero-order chi connectivity index (χ0) is 20.0. The molecule has 0 aromatic heterocycles. The number of carbonyl (C=O) groups is 1. The number of sulfonamides is 1. The van der Waals surface area contributed by atoms with E-state index in [1.54, 1.807) is 26.0 Å². The molecule has 27 heavy (non-hydrogen) atoms. The van der Waals surface area contributed by atoms with Crippen LogP contribution in [0.1, 0.15) is 19.4 Å². The Morgan fingerprint density at radius 1 is 1.11 bits per heavy atom. The summed E-state index contributed by atoms with van der Waals surface area (Å²) in [5, 5.41) is 2.98. The molecule has 0 saturated heterocycles. The van der Waals surface area contributed by atoms with Gasteiger partial charge in [-0.25, -0.2) is 8.42 Å². The second kappa shape index (κ2) is 9.21. The van der Waals surface area contributed by atoms with E-state index in [4.69, 9.17) is 16.3 Å². The van der Waals surface area contributed by atoms with Crippen molar-refractivity contribution in [2.24, 2.45) is 0 Å². The van der Waals surface area contributed by atoms with E-state index in [-0.39, 0.29) is 28.2 Å². The van der Waals surface area contributed by atoms with Gasteiger partial charge >= 0.3 is 0 Å². The van der Waals surface area contributed by atoms with Crippen LogP contribution >= 0.6 is 11.6 Å². The summed E-state index contributed by atoms with van der Waals surface area (Å²) in [7, 11) is -3.77. The van der Waals surface area contributed by atoms with Crippen LogP contribution in [0.4, 0.5) is 5.69 Å². The van der Waals surface area contributed by atoms with Gasteiger partial charge in [-0.05, 0) is 37.3 Å². The molecule has 2 rings (SSSR count). The molecule has 0 aliphatic heterocycles. The topological polar surface area (TPSA) is 75.7 Å². The zero-order valence-corrected chi connectivity index (χ0v) is 17.1. The molecule has 2 aromatic rings. The summed E-state index contributed by atoms with van der Waals surface area (Å²) < 4.78 is 32.4. The van der Waals surface area contributed by atoms with E-state index in [1.165, 1.54) is 22.5 Å². The Bertz CT molecular complexity index is 894. The van der Waals surface area contributed by atoms with Gasteiger partial charge in [0.05, 0.1) is 0 Å². The van der Waals surface area contributed by atoms with Gasteiger partial charge in [-0.15, -0.1) is 0 Å². The number of ether oxygens (including phenoxy) is 1. The number of amides is 1. The summed E-state index contributed by atoms with van der Waals surface area (Å²) in [4.78, 5) is 12.1. The molecule has 1 N–H and O–H groups in total. The number of hydrogen-bond acceptors (Lipinski definition) is 4. The first kappa shape index (κ1) is 21.2. The minimum atomic E-state index is -3.77. The Morgan fingerprint density at radius 3 is 2.33 bits per heavy atom. The fraction of sp³-hybridized carbons (Fsp3) is 0.316. The predicted octanol–water partition coefficient (Wildman–Crippen LogP) is 3.70. The summed E-state index contributed by atoms with van der Waals surface area (Å²) in [6.07, 6.45) is 0. The van der Waals surface area contributed by atoms with E-state index >= 15 is 0 Å². The standard InChI is InChI=1S/C19H23ClN2O4S/c1-4-22(5-2)27(24,25)18-12-15(20)8-11-17(18)26-13-19(23)21-16-9-6-14(3)7-10-16/h6-12H,4-5,13H2,1-3H3,(H,21,23). The Labute approximate surface area is 165 Å². The average molecular weight is 411 g/mol. The number of nitrogens with zero attached hydrogens (tertiary/aromatic N) is 1. The molecular formula is C19H23ClN2O4S. The van der Waals surface area contributed by atoms with Crippen molar-refractivity contribution in [3.63, 3.8) is 0 Å². The van der Waals surface area contributed by atoms with E-state index < -0.39 is 10.0 Å². The maximum atomic E-state index is 12.8. The first-order chi connectivity index (χ1) is 12.8. The monoisotopic (exact) mass is 410 g/mol. The number of carbonyl (C=O) groups excluding carboxylic acids is 1. The van der Waals surface area contributed by atoms with Crippen molar-refractivity contribution in [2.45, 2.75) is 25.7 Å². The normalized spacial score (nSPS) is 11.4. The van der Waals surface area contributed by atoms with Crippen molar-refractivity contribution in [3.05, 3.63) is 53.1 Å². The quantitative estimate of drug-likeness (QED) is 0.720. The molecular weight excluding hydrogens is 388 g/mol. The van der Waals surface area contributed by atoms with Crippen LogP contribution in [0.3, 0.4) is 0 Å². The highest BCUT2D eigenvalue weighted by Crippen LogP contribution is 2.29. The number of hydrogen-bond donors (Lipinski definition) is 1. The Hall–Kier alpha value is -2.09. The molecule has 0 bridgehead atoms. The molecule has 0 fully saturated rings. The smallest absolute Gasteiger partial charge is 0.262 e. The molecule has 0 spiro atoms. The lowest BCUT2D eigenvalue weighted by Gasteiger charge is -2.20. The van der Waals surface area contributed by atoms with Gasteiger partial charge in [-0.1, -0.05) is 43.1 Å². The fourth-order valence-electron chi connectivity index (χ4n) is 2.48. The molecule has 0 heterocycles. The lowest BCUT2D eigenvalue weighted by Crippen LogP contribution is -2.31. The second-order valence-electron chi connectivity index (χ2n) is 5.88. The first-order valence-corrected chi connectivity index (χ1v) is 10.4. The third kappa shape index (κ3) is 5.45.